The molecule has 0 unspecified atom stereocenters. The van der Waals surface area contributed by atoms with Crippen LogP contribution < -0.4 is 0 Å². The first-order valence-corrected chi connectivity index (χ1v) is 15.1. The van der Waals surface area contributed by atoms with Crippen molar-refractivity contribution in [2.75, 3.05) is 11.5 Å². The molecule has 4 aromatic carbocycles. The fourth-order valence-corrected chi connectivity index (χ4v) is 7.56. The number of benzene rings is 4. The van der Waals surface area contributed by atoms with Crippen LogP contribution in [0.2, 0.25) is 10.0 Å². The number of halogens is 2. The van der Waals surface area contributed by atoms with Crippen LogP contribution in [0.3, 0.4) is 0 Å². The summed E-state index contributed by atoms with van der Waals surface area (Å²) in [5.41, 5.74) is 3.77. The van der Waals surface area contributed by atoms with Gasteiger partial charge in [-0.3, -0.25) is 0 Å². The van der Waals surface area contributed by atoms with Crippen molar-refractivity contribution in [1.82, 2.24) is 9.97 Å². The van der Waals surface area contributed by atoms with Gasteiger partial charge in [0.1, 0.15) is 0 Å². The van der Waals surface area contributed by atoms with Gasteiger partial charge in [-0.15, -0.1) is 23.5 Å². The summed E-state index contributed by atoms with van der Waals surface area (Å²) in [5, 5.41) is 6.10. The van der Waals surface area contributed by atoms with Crippen molar-refractivity contribution in [3.8, 4) is 0 Å². The average molecular weight is 560 g/mol. The van der Waals surface area contributed by atoms with Crippen LogP contribution in [0.1, 0.15) is 19.3 Å². The predicted molar refractivity (Wildman–Crippen MR) is 164 cm³/mol. The predicted octanol–water partition coefficient (Wildman–Crippen LogP) is 10.5. The van der Waals surface area contributed by atoms with E-state index in [0.717, 1.165) is 57.2 Å². The highest BCUT2D eigenvalue weighted by Crippen LogP contribution is 2.38. The van der Waals surface area contributed by atoms with Crippen LogP contribution in [0.25, 0.3) is 43.6 Å². The first-order chi connectivity index (χ1) is 18.2. The number of hydrogen-bond donors (Lipinski definition) is 0. The molecule has 0 amide bonds. The Balaban J connectivity index is 1.12. The molecule has 0 bridgehead atoms. The second-order valence-electron chi connectivity index (χ2n) is 8.95. The monoisotopic (exact) mass is 558 g/mol. The topological polar surface area (TPSA) is 25.8 Å². The number of rotatable bonds is 8. The van der Waals surface area contributed by atoms with E-state index in [2.05, 4.69) is 48.5 Å². The summed E-state index contributed by atoms with van der Waals surface area (Å²) in [7, 11) is 0. The van der Waals surface area contributed by atoms with Crippen molar-refractivity contribution in [2.24, 2.45) is 0 Å². The summed E-state index contributed by atoms with van der Waals surface area (Å²) in [6.45, 7) is 0. The van der Waals surface area contributed by atoms with Crippen LogP contribution in [-0.2, 0) is 0 Å². The van der Waals surface area contributed by atoms with E-state index in [4.69, 9.17) is 33.2 Å². The Morgan fingerprint density at radius 2 is 0.919 bits per heavy atom. The van der Waals surface area contributed by atoms with Crippen molar-refractivity contribution in [3.63, 3.8) is 0 Å². The Morgan fingerprint density at radius 1 is 0.486 bits per heavy atom. The van der Waals surface area contributed by atoms with Crippen molar-refractivity contribution >= 4 is 90.3 Å². The van der Waals surface area contributed by atoms with Gasteiger partial charge in [-0.2, -0.15) is 0 Å². The molecular formula is C31H24Cl2N2S2. The number of pyridine rings is 2. The Hall–Kier alpha value is -2.50. The molecule has 184 valence electrons. The minimum absolute atomic E-state index is 0.708. The van der Waals surface area contributed by atoms with Gasteiger partial charge in [0.2, 0.25) is 0 Å². The first kappa shape index (κ1) is 24.8. The second kappa shape index (κ2) is 11.1. The molecule has 0 aliphatic carbocycles. The third-order valence-electron chi connectivity index (χ3n) is 6.51. The summed E-state index contributed by atoms with van der Waals surface area (Å²) >= 11 is 16.8. The van der Waals surface area contributed by atoms with E-state index >= 15 is 0 Å². The number of para-hydroxylation sites is 4. The highest BCUT2D eigenvalue weighted by atomic mass is 35.5. The molecule has 0 atom stereocenters. The van der Waals surface area contributed by atoms with Gasteiger partial charge >= 0.3 is 0 Å². The number of hydrogen-bond acceptors (Lipinski definition) is 4. The van der Waals surface area contributed by atoms with Crippen molar-refractivity contribution in [3.05, 3.63) is 95.0 Å². The Morgan fingerprint density at radius 3 is 1.41 bits per heavy atom. The van der Waals surface area contributed by atoms with E-state index in [1.165, 1.54) is 27.0 Å². The Labute approximate surface area is 234 Å². The zero-order valence-electron chi connectivity index (χ0n) is 20.1. The van der Waals surface area contributed by atoms with Crippen LogP contribution in [0.15, 0.2) is 94.7 Å². The molecule has 2 heterocycles. The molecule has 0 radical (unpaired) electrons. The van der Waals surface area contributed by atoms with Gasteiger partial charge in [0.25, 0.3) is 0 Å². The summed E-state index contributed by atoms with van der Waals surface area (Å²) in [4.78, 5) is 12.2. The molecule has 0 aliphatic heterocycles. The van der Waals surface area contributed by atoms with Crippen LogP contribution in [0.5, 0.6) is 0 Å². The molecule has 0 N–H and O–H groups in total. The summed E-state index contributed by atoms with van der Waals surface area (Å²) in [6, 6.07) is 28.8. The van der Waals surface area contributed by atoms with Gasteiger partial charge in [-0.25, -0.2) is 9.97 Å². The Bertz CT molecular complexity index is 1620. The quantitative estimate of drug-likeness (QED) is 0.105. The normalized spacial score (nSPS) is 11.7. The van der Waals surface area contributed by atoms with E-state index in [9.17, 15) is 0 Å². The highest BCUT2D eigenvalue weighted by Gasteiger charge is 2.13. The fraction of sp³-hybridized carbons (Fsp3) is 0.161. The number of thioether (sulfide) groups is 2. The molecule has 0 saturated carbocycles. The van der Waals surface area contributed by atoms with Crippen LogP contribution in [0.4, 0.5) is 0 Å². The zero-order valence-corrected chi connectivity index (χ0v) is 23.2. The largest absolute Gasteiger partial charge is 0.246 e. The lowest BCUT2D eigenvalue weighted by molar-refractivity contribution is 0.786. The molecule has 6 aromatic rings. The van der Waals surface area contributed by atoms with Crippen LogP contribution >= 0.6 is 46.7 Å². The van der Waals surface area contributed by atoms with E-state index in [-0.39, 0.29) is 0 Å². The van der Waals surface area contributed by atoms with Gasteiger partial charge in [0, 0.05) is 31.3 Å². The first-order valence-electron chi connectivity index (χ1n) is 12.4. The minimum atomic E-state index is 0.708. The molecular weight excluding hydrogens is 535 g/mol. The van der Waals surface area contributed by atoms with Gasteiger partial charge in [-0.1, -0.05) is 90.3 Å². The highest BCUT2D eigenvalue weighted by molar-refractivity contribution is 8.00. The lowest BCUT2D eigenvalue weighted by Gasteiger charge is -2.12. The maximum atomic E-state index is 6.49. The lowest BCUT2D eigenvalue weighted by Crippen LogP contribution is -1.91. The summed E-state index contributed by atoms with van der Waals surface area (Å²) < 4.78 is 0. The fourth-order valence-electron chi connectivity index (χ4n) is 4.72. The molecule has 37 heavy (non-hydrogen) atoms. The zero-order chi connectivity index (χ0) is 25.2. The third kappa shape index (κ3) is 5.00. The molecule has 2 aromatic heterocycles. The van der Waals surface area contributed by atoms with E-state index in [1.54, 1.807) is 0 Å². The van der Waals surface area contributed by atoms with Gasteiger partial charge in [0.15, 0.2) is 0 Å². The Kier molecular flexibility index (Phi) is 7.43. The maximum absolute atomic E-state index is 6.49. The number of nitrogens with zero attached hydrogens (tertiary/aromatic N) is 2. The SMILES string of the molecule is Clc1cccc2c(SCCCCCSc3c4ccccc4nc4c(Cl)cccc34)c3ccccc3nc12. The van der Waals surface area contributed by atoms with Crippen molar-refractivity contribution in [1.29, 1.82) is 0 Å². The molecule has 6 rings (SSSR count). The van der Waals surface area contributed by atoms with Gasteiger partial charge in [0.05, 0.1) is 32.1 Å². The number of fused-ring (bicyclic) bond motifs is 4. The second-order valence-corrected chi connectivity index (χ2v) is 12.0. The van der Waals surface area contributed by atoms with Gasteiger partial charge < -0.3 is 0 Å². The molecule has 6 heteroatoms. The minimum Gasteiger partial charge on any atom is -0.246 e. The van der Waals surface area contributed by atoms with Gasteiger partial charge in [-0.05, 0) is 48.6 Å². The number of unbranched alkanes of at least 4 members (excludes halogenated alkanes) is 2. The smallest absolute Gasteiger partial charge is 0.0907 e. The maximum Gasteiger partial charge on any atom is 0.0907 e. The lowest BCUT2D eigenvalue weighted by atomic mass is 10.1. The molecule has 2 nitrogen and oxygen atoms in total. The van der Waals surface area contributed by atoms with E-state index in [0.29, 0.717) is 10.0 Å². The van der Waals surface area contributed by atoms with Crippen LogP contribution in [0, 0.1) is 0 Å². The molecule has 0 aliphatic rings. The third-order valence-corrected chi connectivity index (χ3v) is 9.56. The molecule has 0 saturated heterocycles. The van der Waals surface area contributed by atoms with Crippen molar-refractivity contribution < 1.29 is 0 Å². The molecule has 0 spiro atoms. The summed E-state index contributed by atoms with van der Waals surface area (Å²) in [5.74, 6) is 2.13. The van der Waals surface area contributed by atoms with Crippen LogP contribution in [-0.4, -0.2) is 21.5 Å². The standard InChI is InChI=1S/C31H24Cl2N2S2/c32-24-14-8-12-22-28(24)34-26-16-4-2-10-20(26)30(22)36-18-6-1-7-19-37-31-21-11-3-5-17-27(21)35-29-23(31)13-9-15-25(29)33/h2-5,8-17H,1,6-7,18-19H2. The average Bonchev–Trinajstić information content (AvgIpc) is 2.92. The van der Waals surface area contributed by atoms with E-state index in [1.807, 2.05) is 59.9 Å². The van der Waals surface area contributed by atoms with E-state index < -0.39 is 0 Å². The molecule has 0 fully saturated rings. The summed E-state index contributed by atoms with van der Waals surface area (Å²) in [6.07, 6.45) is 3.50. The van der Waals surface area contributed by atoms with Crippen molar-refractivity contribution in [2.45, 2.75) is 29.1 Å². The number of aromatic nitrogens is 2.